The standard InChI is InChI=1S/C25H26F3NO4S2/c26-25(27,28)23-10-1-2-11-24(23)35(30,31)29(18-21-8-4-13-32-21)17-19-6-3-7-20(16-19)33-14-12-22-9-5-15-34-22/h1-3,5-7,9-11,15-16,21H,4,8,12-14,17-18H2/t21-/m1/s1. The van der Waals surface area contributed by atoms with Crippen LogP contribution in [0.2, 0.25) is 0 Å². The molecular formula is C25H26F3NO4S2. The largest absolute Gasteiger partial charge is 0.493 e. The van der Waals surface area contributed by atoms with Gasteiger partial charge >= 0.3 is 6.18 Å². The number of halogens is 3. The molecule has 10 heteroatoms. The number of rotatable bonds is 10. The summed E-state index contributed by atoms with van der Waals surface area (Å²) in [6, 6.07) is 15.3. The quantitative estimate of drug-likeness (QED) is 0.338. The first-order chi connectivity index (χ1) is 16.7. The zero-order chi connectivity index (χ0) is 24.9. The lowest BCUT2D eigenvalue weighted by Gasteiger charge is -2.26. The van der Waals surface area contributed by atoms with Crippen LogP contribution in [0.15, 0.2) is 70.9 Å². The van der Waals surface area contributed by atoms with E-state index in [9.17, 15) is 21.6 Å². The number of ether oxygens (including phenoxy) is 2. The Kier molecular flexibility index (Phi) is 8.16. The first-order valence-corrected chi connectivity index (χ1v) is 13.6. The van der Waals surface area contributed by atoms with Gasteiger partial charge in [0.25, 0.3) is 0 Å². The Labute approximate surface area is 207 Å². The summed E-state index contributed by atoms with van der Waals surface area (Å²) >= 11 is 1.64. The number of hydrogen-bond acceptors (Lipinski definition) is 5. The summed E-state index contributed by atoms with van der Waals surface area (Å²) in [5.41, 5.74) is -0.562. The van der Waals surface area contributed by atoms with Crippen LogP contribution >= 0.6 is 11.3 Å². The van der Waals surface area contributed by atoms with Crippen LogP contribution in [0.3, 0.4) is 0 Å². The minimum Gasteiger partial charge on any atom is -0.493 e. The van der Waals surface area contributed by atoms with Gasteiger partial charge in [-0.2, -0.15) is 17.5 Å². The van der Waals surface area contributed by atoms with Gasteiger partial charge in [-0.25, -0.2) is 8.42 Å². The van der Waals surface area contributed by atoms with E-state index in [1.807, 2.05) is 17.5 Å². The van der Waals surface area contributed by atoms with Crippen molar-refractivity contribution in [2.45, 2.75) is 43.0 Å². The molecule has 188 valence electrons. The van der Waals surface area contributed by atoms with Crippen molar-refractivity contribution in [3.63, 3.8) is 0 Å². The van der Waals surface area contributed by atoms with Crippen molar-refractivity contribution in [2.75, 3.05) is 19.8 Å². The third-order valence-corrected chi connectivity index (χ3v) is 8.50. The maximum absolute atomic E-state index is 13.6. The van der Waals surface area contributed by atoms with Crippen LogP contribution in [0.25, 0.3) is 0 Å². The van der Waals surface area contributed by atoms with E-state index >= 15 is 0 Å². The maximum atomic E-state index is 13.6. The highest BCUT2D eigenvalue weighted by Gasteiger charge is 2.39. The van der Waals surface area contributed by atoms with Crippen LogP contribution < -0.4 is 4.74 Å². The molecule has 2 heterocycles. The third-order valence-electron chi connectivity index (χ3n) is 5.70. The number of alkyl halides is 3. The van der Waals surface area contributed by atoms with E-state index in [1.54, 1.807) is 35.6 Å². The fourth-order valence-electron chi connectivity index (χ4n) is 3.99. The Hall–Kier alpha value is -2.40. The Bertz CT molecular complexity index is 1210. The lowest BCUT2D eigenvalue weighted by Crippen LogP contribution is -2.37. The SMILES string of the molecule is O=S(=O)(c1ccccc1C(F)(F)F)N(Cc1cccc(OCCc2cccs2)c1)C[C@H]1CCCO1. The molecule has 0 spiro atoms. The Balaban J connectivity index is 1.57. The molecule has 4 rings (SSSR count). The summed E-state index contributed by atoms with van der Waals surface area (Å²) in [5, 5.41) is 2.00. The molecule has 35 heavy (non-hydrogen) atoms. The first kappa shape index (κ1) is 25.7. The molecule has 0 radical (unpaired) electrons. The van der Waals surface area contributed by atoms with E-state index in [-0.39, 0.29) is 19.2 Å². The Morgan fingerprint density at radius 3 is 2.63 bits per heavy atom. The van der Waals surface area contributed by atoms with Gasteiger partial charge in [0, 0.05) is 31.0 Å². The number of benzene rings is 2. The second-order valence-corrected chi connectivity index (χ2v) is 11.2. The average Bonchev–Trinajstić information content (AvgIpc) is 3.53. The highest BCUT2D eigenvalue weighted by Crippen LogP contribution is 2.36. The van der Waals surface area contributed by atoms with Gasteiger partial charge in [0.2, 0.25) is 10.0 Å². The van der Waals surface area contributed by atoms with Crippen molar-refractivity contribution in [1.29, 1.82) is 0 Å². The van der Waals surface area contributed by atoms with Gasteiger partial charge in [0.15, 0.2) is 0 Å². The predicted molar refractivity (Wildman–Crippen MR) is 128 cm³/mol. The smallest absolute Gasteiger partial charge is 0.417 e. The first-order valence-electron chi connectivity index (χ1n) is 11.3. The minimum atomic E-state index is -4.80. The normalized spacial score (nSPS) is 16.6. The Morgan fingerprint density at radius 2 is 1.91 bits per heavy atom. The molecule has 3 aromatic rings. The van der Waals surface area contributed by atoms with E-state index < -0.39 is 26.7 Å². The zero-order valence-corrected chi connectivity index (χ0v) is 20.5. The van der Waals surface area contributed by atoms with Gasteiger partial charge in [0.05, 0.1) is 23.2 Å². The Morgan fingerprint density at radius 1 is 1.09 bits per heavy atom. The van der Waals surface area contributed by atoms with Crippen molar-refractivity contribution in [2.24, 2.45) is 0 Å². The number of nitrogens with zero attached hydrogens (tertiary/aromatic N) is 1. The van der Waals surface area contributed by atoms with Crippen LogP contribution in [0.1, 0.15) is 28.8 Å². The molecule has 1 atom stereocenters. The number of sulfonamides is 1. The summed E-state index contributed by atoms with van der Waals surface area (Å²) in [7, 11) is -4.47. The molecule has 1 saturated heterocycles. The van der Waals surface area contributed by atoms with Crippen molar-refractivity contribution in [3.8, 4) is 5.75 Å². The molecule has 1 aliphatic rings. The van der Waals surface area contributed by atoms with Crippen LogP contribution in [0.4, 0.5) is 13.2 Å². The lowest BCUT2D eigenvalue weighted by molar-refractivity contribution is -0.139. The third kappa shape index (κ3) is 6.63. The highest BCUT2D eigenvalue weighted by molar-refractivity contribution is 7.89. The molecule has 5 nitrogen and oxygen atoms in total. The van der Waals surface area contributed by atoms with E-state index in [2.05, 4.69) is 0 Å². The summed E-state index contributed by atoms with van der Waals surface area (Å²) in [6.07, 6.45) is -2.98. The van der Waals surface area contributed by atoms with Gasteiger partial charge in [0.1, 0.15) is 5.75 Å². The molecule has 1 aliphatic heterocycles. The summed E-state index contributed by atoms with van der Waals surface area (Å²) < 4.78 is 80.4. The van der Waals surface area contributed by atoms with Crippen LogP contribution in [-0.4, -0.2) is 38.6 Å². The van der Waals surface area contributed by atoms with Crippen molar-refractivity contribution in [1.82, 2.24) is 4.31 Å². The van der Waals surface area contributed by atoms with Gasteiger partial charge in [-0.05, 0) is 54.1 Å². The maximum Gasteiger partial charge on any atom is 0.417 e. The van der Waals surface area contributed by atoms with E-state index in [1.165, 1.54) is 17.0 Å². The molecule has 1 aromatic heterocycles. The molecular weight excluding hydrogens is 499 g/mol. The minimum absolute atomic E-state index is 0.0298. The molecule has 0 N–H and O–H groups in total. The van der Waals surface area contributed by atoms with Crippen LogP contribution in [0, 0.1) is 0 Å². The van der Waals surface area contributed by atoms with E-state index in [0.717, 1.165) is 29.3 Å². The van der Waals surface area contributed by atoms with Gasteiger partial charge in [-0.15, -0.1) is 11.3 Å². The van der Waals surface area contributed by atoms with Crippen molar-refractivity contribution in [3.05, 3.63) is 82.0 Å². The average molecular weight is 526 g/mol. The molecule has 0 bridgehead atoms. The van der Waals surface area contributed by atoms with Crippen molar-refractivity contribution < 1.29 is 31.1 Å². The molecule has 0 amide bonds. The second kappa shape index (κ2) is 11.1. The lowest BCUT2D eigenvalue weighted by atomic mass is 10.2. The van der Waals surface area contributed by atoms with Crippen LogP contribution in [-0.2, 0) is 33.9 Å². The number of thiophene rings is 1. The van der Waals surface area contributed by atoms with E-state index in [0.29, 0.717) is 30.9 Å². The molecule has 1 fully saturated rings. The monoisotopic (exact) mass is 525 g/mol. The summed E-state index contributed by atoms with van der Waals surface area (Å²) in [6.45, 7) is 0.834. The van der Waals surface area contributed by atoms with Gasteiger partial charge < -0.3 is 9.47 Å². The summed E-state index contributed by atoms with van der Waals surface area (Å²) in [4.78, 5) is 0.437. The molecule has 0 saturated carbocycles. The fourth-order valence-corrected chi connectivity index (χ4v) is 6.35. The molecule has 0 unspecified atom stereocenters. The predicted octanol–water partition coefficient (Wildman–Crippen LogP) is 5.76. The second-order valence-electron chi connectivity index (χ2n) is 8.25. The van der Waals surface area contributed by atoms with Crippen molar-refractivity contribution >= 4 is 21.4 Å². The number of hydrogen-bond donors (Lipinski definition) is 0. The van der Waals surface area contributed by atoms with Gasteiger partial charge in [-0.3, -0.25) is 0 Å². The zero-order valence-electron chi connectivity index (χ0n) is 18.9. The van der Waals surface area contributed by atoms with E-state index in [4.69, 9.17) is 9.47 Å². The molecule has 0 aliphatic carbocycles. The molecule has 2 aromatic carbocycles. The highest BCUT2D eigenvalue weighted by atomic mass is 32.2. The summed E-state index contributed by atoms with van der Waals surface area (Å²) in [5.74, 6) is 0.573. The topological polar surface area (TPSA) is 55.8 Å². The van der Waals surface area contributed by atoms with Crippen LogP contribution in [0.5, 0.6) is 5.75 Å². The van der Waals surface area contributed by atoms with Gasteiger partial charge in [-0.1, -0.05) is 30.3 Å². The fraction of sp³-hybridized carbons (Fsp3) is 0.360.